The Hall–Kier alpha value is -2.44. The Kier molecular flexibility index (Phi) is 9.48. The zero-order chi connectivity index (χ0) is 23.2. The Morgan fingerprint density at radius 1 is 1.24 bits per heavy atom. The van der Waals surface area contributed by atoms with E-state index in [2.05, 4.69) is 38.3 Å². The number of para-hydroxylation sites is 1. The van der Waals surface area contributed by atoms with Crippen LogP contribution >= 0.6 is 11.6 Å². The molecule has 4 N–H and O–H groups in total. The summed E-state index contributed by atoms with van der Waals surface area (Å²) in [6.07, 6.45) is 3.03. The second-order valence-electron chi connectivity index (χ2n) is 7.58. The molecule has 0 fully saturated rings. The third kappa shape index (κ3) is 6.16. The van der Waals surface area contributed by atoms with Gasteiger partial charge in [-0.25, -0.2) is 12.1 Å². The van der Waals surface area contributed by atoms with E-state index in [4.69, 9.17) is 16.7 Å². The van der Waals surface area contributed by atoms with Crippen molar-refractivity contribution in [1.29, 1.82) is 0 Å². The summed E-state index contributed by atoms with van der Waals surface area (Å²) in [5, 5.41) is 18.5. The maximum Gasteiger partial charge on any atom is 2.00 e. The number of hydrogen-bond acceptors (Lipinski definition) is 4. The summed E-state index contributed by atoms with van der Waals surface area (Å²) in [6, 6.07) is 16.9. The SMILES string of the molecule is O=C1CC(C(=O)NCCO)CC2=C1C(c1ccccc1Cl)NC(=N[C-]=Nc1[c-]cccc1)N2.[U+2]. The van der Waals surface area contributed by atoms with Crippen LogP contribution in [-0.2, 0) is 9.59 Å². The quantitative estimate of drug-likeness (QED) is 0.210. The first kappa shape index (κ1) is 26.2. The molecule has 4 rings (SSSR count). The number of ketones is 1. The van der Waals surface area contributed by atoms with Crippen molar-refractivity contribution in [2.24, 2.45) is 15.9 Å². The summed E-state index contributed by atoms with van der Waals surface area (Å²) >= 11 is 6.44. The van der Waals surface area contributed by atoms with Crippen LogP contribution in [0.4, 0.5) is 5.69 Å². The van der Waals surface area contributed by atoms with E-state index < -0.39 is 12.0 Å². The molecule has 172 valence electrons. The summed E-state index contributed by atoms with van der Waals surface area (Å²) in [6.45, 7) is -0.0246. The van der Waals surface area contributed by atoms with Crippen LogP contribution in [-0.4, -0.2) is 42.2 Å². The average Bonchev–Trinajstić information content (AvgIpc) is 2.83. The Balaban J connectivity index is 0.00000324. The van der Waals surface area contributed by atoms with E-state index in [1.165, 1.54) is 0 Å². The van der Waals surface area contributed by atoms with Crippen molar-refractivity contribution in [3.05, 3.63) is 76.5 Å². The average molecular weight is 702 g/mol. The van der Waals surface area contributed by atoms with Crippen molar-refractivity contribution >= 4 is 41.3 Å². The summed E-state index contributed by atoms with van der Waals surface area (Å²) in [7, 11) is 0. The van der Waals surface area contributed by atoms with Gasteiger partial charge in [0.2, 0.25) is 5.91 Å². The molecule has 1 heterocycles. The number of amides is 1. The topological polar surface area (TPSA) is 115 Å². The molecule has 2 aliphatic rings. The Morgan fingerprint density at radius 3 is 2.76 bits per heavy atom. The van der Waals surface area contributed by atoms with Crippen molar-refractivity contribution < 1.29 is 45.8 Å². The van der Waals surface area contributed by atoms with E-state index in [0.717, 1.165) is 5.56 Å². The van der Waals surface area contributed by atoms with Gasteiger partial charge in [0, 0.05) is 35.6 Å². The van der Waals surface area contributed by atoms with Crippen molar-refractivity contribution in [3.63, 3.8) is 0 Å². The van der Waals surface area contributed by atoms with Gasteiger partial charge in [-0.2, -0.15) is 23.9 Å². The normalized spacial score (nSPS) is 20.9. The molecular weight excluding hydrogens is 680 g/mol. The number of allylic oxidation sites excluding steroid dienone is 1. The smallest absolute Gasteiger partial charge is 0.397 e. The Labute approximate surface area is 226 Å². The maximum absolute atomic E-state index is 13.1. The first-order valence-electron chi connectivity index (χ1n) is 10.5. The molecule has 2 aromatic rings. The van der Waals surface area contributed by atoms with Crippen LogP contribution in [0.3, 0.4) is 0 Å². The number of rotatable bonds is 6. The number of aliphatic hydroxyl groups excluding tert-OH is 1. The van der Waals surface area contributed by atoms with Gasteiger partial charge in [-0.3, -0.25) is 9.59 Å². The molecule has 1 amide bonds. The van der Waals surface area contributed by atoms with Gasteiger partial charge in [-0.15, -0.1) is 0 Å². The van der Waals surface area contributed by atoms with E-state index in [1.54, 1.807) is 18.2 Å². The van der Waals surface area contributed by atoms with Gasteiger partial charge in [0.25, 0.3) is 0 Å². The molecule has 0 saturated heterocycles. The van der Waals surface area contributed by atoms with Crippen molar-refractivity contribution in [1.82, 2.24) is 16.0 Å². The Morgan fingerprint density at radius 2 is 2.03 bits per heavy atom. The number of nitrogens with zero attached hydrogens (tertiary/aromatic N) is 2. The standard InChI is InChI=1S/C24H22ClN5O3.U/c25-18-9-5-4-8-17(18)22-21-19(12-15(13-20(21)32)23(33)26-10-11-31)29-24(30-22)28-14-27-16-6-2-1-3-7-16;/h1-6,8-9,15,22,31H,10-13H2,(H,26,33)(H2,27,28,29,30);/q-2;+2. The third-order valence-electron chi connectivity index (χ3n) is 5.37. The van der Waals surface area contributed by atoms with Crippen molar-refractivity contribution in [2.75, 3.05) is 13.2 Å². The number of hydrogen-bond donors (Lipinski definition) is 4. The molecule has 0 aromatic heterocycles. The van der Waals surface area contributed by atoms with E-state index in [0.29, 0.717) is 34.4 Å². The number of aliphatic hydroxyl groups is 1. The van der Waals surface area contributed by atoms with Crippen LogP contribution in [0.5, 0.6) is 0 Å². The summed E-state index contributed by atoms with van der Waals surface area (Å²) < 4.78 is 0. The van der Waals surface area contributed by atoms with E-state index in [-0.39, 0.29) is 62.4 Å². The first-order chi connectivity index (χ1) is 16.1. The molecule has 2 unspecified atom stereocenters. The van der Waals surface area contributed by atoms with Crippen LogP contribution in [0.2, 0.25) is 5.02 Å². The molecule has 1 aliphatic carbocycles. The molecule has 0 radical (unpaired) electrons. The predicted molar refractivity (Wildman–Crippen MR) is 125 cm³/mol. The molecule has 10 heteroatoms. The number of nitrogens with one attached hydrogen (secondary N) is 3. The molecule has 0 bridgehead atoms. The van der Waals surface area contributed by atoms with Gasteiger partial charge < -0.3 is 31.0 Å². The van der Waals surface area contributed by atoms with Crippen LogP contribution in [0.15, 0.2) is 69.8 Å². The van der Waals surface area contributed by atoms with Crippen LogP contribution in [0.25, 0.3) is 0 Å². The van der Waals surface area contributed by atoms with E-state index >= 15 is 0 Å². The number of aliphatic imine (C=N–C) groups is 2. The fourth-order valence-corrected chi connectivity index (χ4v) is 4.11. The van der Waals surface area contributed by atoms with Crippen LogP contribution < -0.4 is 16.0 Å². The largest absolute Gasteiger partial charge is 2.00 e. The van der Waals surface area contributed by atoms with Gasteiger partial charge >= 0.3 is 31.1 Å². The fraction of sp³-hybridized carbons (Fsp3) is 0.250. The van der Waals surface area contributed by atoms with Crippen molar-refractivity contribution in [3.8, 4) is 0 Å². The third-order valence-corrected chi connectivity index (χ3v) is 5.71. The second-order valence-corrected chi connectivity index (χ2v) is 7.99. The van der Waals surface area contributed by atoms with E-state index in [9.17, 15) is 9.59 Å². The van der Waals surface area contributed by atoms with Crippen molar-refractivity contribution in [2.45, 2.75) is 18.9 Å². The molecule has 8 nitrogen and oxygen atoms in total. The number of benzene rings is 2. The molecule has 34 heavy (non-hydrogen) atoms. The van der Waals surface area contributed by atoms with Gasteiger partial charge in [0.05, 0.1) is 24.5 Å². The summed E-state index contributed by atoms with van der Waals surface area (Å²) in [4.78, 5) is 34.0. The molecule has 2 atom stereocenters. The molecule has 1 aliphatic heterocycles. The minimum atomic E-state index is -0.543. The minimum absolute atomic E-state index is 0. The van der Waals surface area contributed by atoms with Gasteiger partial charge in [0.15, 0.2) is 5.78 Å². The first-order valence-corrected chi connectivity index (χ1v) is 10.9. The van der Waals surface area contributed by atoms with Gasteiger partial charge in [-0.1, -0.05) is 29.8 Å². The monoisotopic (exact) mass is 701 g/mol. The molecule has 0 spiro atoms. The fourth-order valence-electron chi connectivity index (χ4n) is 3.87. The van der Waals surface area contributed by atoms with Gasteiger partial charge in [0.1, 0.15) is 0 Å². The predicted octanol–water partition coefficient (Wildman–Crippen LogP) is 2.31. The summed E-state index contributed by atoms with van der Waals surface area (Å²) in [5.41, 5.74) is 2.44. The van der Waals surface area contributed by atoms with E-state index in [1.807, 2.05) is 30.3 Å². The second kappa shape index (κ2) is 12.3. The number of halogens is 1. The number of Topliss-reactive ketones (excluding diaryl/α,β-unsaturated/α-hetero) is 1. The van der Waals surface area contributed by atoms with Crippen LogP contribution in [0.1, 0.15) is 24.4 Å². The Bertz CT molecular complexity index is 1140. The zero-order valence-corrected chi connectivity index (χ0v) is 23.1. The number of guanidine groups is 1. The molecule has 0 saturated carbocycles. The van der Waals surface area contributed by atoms with Crippen LogP contribution in [0, 0.1) is 43.1 Å². The molecular formula is C24H22ClN5O3U. The zero-order valence-electron chi connectivity index (χ0n) is 18.1. The minimum Gasteiger partial charge on any atom is -0.397 e. The number of carbonyl (C=O) groups is 2. The molecule has 2 aromatic carbocycles. The van der Waals surface area contributed by atoms with Gasteiger partial charge in [-0.05, 0) is 18.1 Å². The maximum atomic E-state index is 13.1. The number of carbonyl (C=O) groups excluding carboxylic acids is 2. The summed E-state index contributed by atoms with van der Waals surface area (Å²) in [5.74, 6) is -0.633.